The summed E-state index contributed by atoms with van der Waals surface area (Å²) in [5.41, 5.74) is 3.16. The van der Waals surface area contributed by atoms with Crippen LogP contribution < -0.4 is 0 Å². The molecule has 2 saturated carbocycles. The Morgan fingerprint density at radius 1 is 0.692 bits per heavy atom. The highest BCUT2D eigenvalue weighted by atomic mass is 14.4. The van der Waals surface area contributed by atoms with Crippen molar-refractivity contribution in [1.82, 2.24) is 0 Å². The van der Waals surface area contributed by atoms with Gasteiger partial charge in [-0.1, -0.05) is 76.6 Å². The molecule has 3 rings (SSSR count). The van der Waals surface area contributed by atoms with E-state index in [1.807, 2.05) is 0 Å². The molecule has 26 heavy (non-hydrogen) atoms. The summed E-state index contributed by atoms with van der Waals surface area (Å²) in [5, 5.41) is 0. The lowest BCUT2D eigenvalue weighted by atomic mass is 9.68. The molecule has 2 fully saturated rings. The van der Waals surface area contributed by atoms with Gasteiger partial charge in [-0.3, -0.25) is 0 Å². The van der Waals surface area contributed by atoms with Crippen molar-refractivity contribution in [2.75, 3.05) is 0 Å². The van der Waals surface area contributed by atoms with Crippen molar-refractivity contribution in [3.63, 3.8) is 0 Å². The van der Waals surface area contributed by atoms with Gasteiger partial charge in [0.1, 0.15) is 0 Å². The second-order valence-electron chi connectivity index (χ2n) is 9.38. The Balaban J connectivity index is 1.42. The van der Waals surface area contributed by atoms with Crippen molar-refractivity contribution in [1.29, 1.82) is 0 Å². The topological polar surface area (TPSA) is 0 Å². The molecule has 0 aromatic heterocycles. The fourth-order valence-corrected chi connectivity index (χ4v) is 5.82. The molecule has 0 radical (unpaired) electrons. The zero-order chi connectivity index (χ0) is 18.2. The van der Waals surface area contributed by atoms with E-state index in [2.05, 4.69) is 38.1 Å². The van der Waals surface area contributed by atoms with Gasteiger partial charge in [-0.05, 0) is 86.2 Å². The van der Waals surface area contributed by atoms with Gasteiger partial charge in [-0.25, -0.2) is 0 Å². The van der Waals surface area contributed by atoms with Crippen LogP contribution in [0, 0.1) is 17.8 Å². The second-order valence-corrected chi connectivity index (χ2v) is 9.38. The van der Waals surface area contributed by atoms with Crippen LogP contribution in [0.2, 0.25) is 0 Å². The van der Waals surface area contributed by atoms with Crippen LogP contribution in [0.25, 0.3) is 0 Å². The molecule has 2 aliphatic rings. The molecule has 0 unspecified atom stereocenters. The third kappa shape index (κ3) is 5.61. The Kier molecular flexibility index (Phi) is 8.08. The summed E-state index contributed by atoms with van der Waals surface area (Å²) in [6.07, 6.45) is 20.2. The molecule has 0 saturated heterocycles. The van der Waals surface area contributed by atoms with Gasteiger partial charge in [0.15, 0.2) is 0 Å². The number of benzene rings is 1. The first-order valence-corrected chi connectivity index (χ1v) is 11.9. The predicted octanol–water partition coefficient (Wildman–Crippen LogP) is 8.30. The largest absolute Gasteiger partial charge is 0.0654 e. The van der Waals surface area contributed by atoms with E-state index in [1.54, 1.807) is 11.1 Å². The highest BCUT2D eigenvalue weighted by Gasteiger charge is 2.30. The Bertz CT molecular complexity index is 483. The van der Waals surface area contributed by atoms with Crippen LogP contribution in [0.5, 0.6) is 0 Å². The maximum Gasteiger partial charge on any atom is -0.0162 e. The average Bonchev–Trinajstić information content (AvgIpc) is 2.70. The van der Waals surface area contributed by atoms with Crippen LogP contribution in [0.3, 0.4) is 0 Å². The molecule has 146 valence electrons. The Labute approximate surface area is 163 Å². The van der Waals surface area contributed by atoms with Crippen LogP contribution >= 0.6 is 0 Å². The first kappa shape index (κ1) is 20.0. The second kappa shape index (κ2) is 10.5. The van der Waals surface area contributed by atoms with Gasteiger partial charge in [-0.15, -0.1) is 0 Å². The van der Waals surface area contributed by atoms with E-state index in [-0.39, 0.29) is 0 Å². The zero-order valence-corrected chi connectivity index (χ0v) is 17.5. The molecule has 0 atom stereocenters. The number of hydrogen-bond donors (Lipinski definition) is 0. The molecule has 0 spiro atoms. The minimum Gasteiger partial charge on any atom is -0.0654 e. The van der Waals surface area contributed by atoms with E-state index in [1.165, 1.54) is 89.9 Å². The first-order valence-electron chi connectivity index (χ1n) is 11.9. The van der Waals surface area contributed by atoms with E-state index in [0.717, 1.165) is 23.7 Å². The van der Waals surface area contributed by atoms with Gasteiger partial charge in [-0.2, -0.15) is 0 Å². The molecule has 2 aliphatic carbocycles. The van der Waals surface area contributed by atoms with Crippen molar-refractivity contribution in [2.45, 2.75) is 110 Å². The molecule has 0 nitrogen and oxygen atoms in total. The Morgan fingerprint density at radius 3 is 1.88 bits per heavy atom. The molecule has 1 aromatic rings. The quantitative estimate of drug-likeness (QED) is 0.412. The van der Waals surface area contributed by atoms with Crippen molar-refractivity contribution in [3.05, 3.63) is 35.4 Å². The molecule has 0 heterocycles. The highest BCUT2D eigenvalue weighted by molar-refractivity contribution is 5.26. The molecule has 0 heteroatoms. The van der Waals surface area contributed by atoms with Crippen molar-refractivity contribution in [2.24, 2.45) is 17.8 Å². The number of aryl methyl sites for hydroxylation is 1. The minimum absolute atomic E-state index is 0.840. The standard InChI is InChI=1S/C26H42/c1-3-5-6-8-22-11-15-24(16-12-22)26-19-17-25(18-20-26)23-13-9-21(7-4-2)10-14-23/h11-12,15-16,21,23,25-26H,3-10,13-14,17-20H2,1-2H3. The van der Waals surface area contributed by atoms with Gasteiger partial charge in [0, 0.05) is 0 Å². The first-order chi connectivity index (χ1) is 12.8. The molecule has 0 amide bonds. The van der Waals surface area contributed by atoms with Gasteiger partial charge >= 0.3 is 0 Å². The van der Waals surface area contributed by atoms with Gasteiger partial charge in [0.2, 0.25) is 0 Å². The van der Waals surface area contributed by atoms with E-state index < -0.39 is 0 Å². The van der Waals surface area contributed by atoms with E-state index in [0.29, 0.717) is 0 Å². The summed E-state index contributed by atoms with van der Waals surface area (Å²) in [7, 11) is 0. The van der Waals surface area contributed by atoms with Crippen LogP contribution in [0.15, 0.2) is 24.3 Å². The lowest BCUT2D eigenvalue weighted by molar-refractivity contribution is 0.156. The molecule has 0 N–H and O–H groups in total. The number of hydrogen-bond acceptors (Lipinski definition) is 0. The summed E-state index contributed by atoms with van der Waals surface area (Å²) in [4.78, 5) is 0. The predicted molar refractivity (Wildman–Crippen MR) is 115 cm³/mol. The highest BCUT2D eigenvalue weighted by Crippen LogP contribution is 2.44. The molecule has 1 aromatic carbocycles. The van der Waals surface area contributed by atoms with E-state index >= 15 is 0 Å². The third-order valence-electron chi connectivity index (χ3n) is 7.55. The maximum atomic E-state index is 2.45. The summed E-state index contributed by atoms with van der Waals surface area (Å²) in [6, 6.07) is 9.71. The minimum atomic E-state index is 0.840. The Morgan fingerprint density at radius 2 is 1.31 bits per heavy atom. The fourth-order valence-electron chi connectivity index (χ4n) is 5.82. The van der Waals surface area contributed by atoms with Crippen LogP contribution in [0.1, 0.15) is 114 Å². The van der Waals surface area contributed by atoms with Crippen LogP contribution in [-0.4, -0.2) is 0 Å². The lowest BCUT2D eigenvalue weighted by Gasteiger charge is -2.38. The smallest absolute Gasteiger partial charge is 0.0162 e. The van der Waals surface area contributed by atoms with Crippen molar-refractivity contribution < 1.29 is 0 Å². The van der Waals surface area contributed by atoms with Gasteiger partial charge in [0.05, 0.1) is 0 Å². The summed E-state index contributed by atoms with van der Waals surface area (Å²) >= 11 is 0. The monoisotopic (exact) mass is 354 g/mol. The fraction of sp³-hybridized carbons (Fsp3) is 0.769. The molecule has 0 aliphatic heterocycles. The van der Waals surface area contributed by atoms with E-state index in [4.69, 9.17) is 0 Å². The van der Waals surface area contributed by atoms with Crippen LogP contribution in [-0.2, 0) is 6.42 Å². The summed E-state index contributed by atoms with van der Waals surface area (Å²) in [6.45, 7) is 4.64. The zero-order valence-electron chi connectivity index (χ0n) is 17.5. The average molecular weight is 355 g/mol. The van der Waals surface area contributed by atoms with Crippen molar-refractivity contribution in [3.8, 4) is 0 Å². The maximum absolute atomic E-state index is 2.45. The van der Waals surface area contributed by atoms with Gasteiger partial charge in [0.25, 0.3) is 0 Å². The van der Waals surface area contributed by atoms with E-state index in [9.17, 15) is 0 Å². The molecular formula is C26H42. The Hall–Kier alpha value is -0.780. The number of rotatable bonds is 8. The van der Waals surface area contributed by atoms with Gasteiger partial charge < -0.3 is 0 Å². The number of unbranched alkanes of at least 4 members (excludes halogenated alkanes) is 2. The lowest BCUT2D eigenvalue weighted by Crippen LogP contribution is -2.25. The molecular weight excluding hydrogens is 312 g/mol. The third-order valence-corrected chi connectivity index (χ3v) is 7.55. The summed E-state index contributed by atoms with van der Waals surface area (Å²) < 4.78 is 0. The van der Waals surface area contributed by atoms with Crippen LogP contribution in [0.4, 0.5) is 0 Å². The normalized spacial score (nSPS) is 29.6. The van der Waals surface area contributed by atoms with Crippen molar-refractivity contribution >= 4 is 0 Å². The summed E-state index contributed by atoms with van der Waals surface area (Å²) in [5.74, 6) is 4.00. The molecule has 0 bridgehead atoms. The SMILES string of the molecule is CCCCCc1ccc(C2CCC(C3CCC(CCC)CC3)CC2)cc1.